The highest BCUT2D eigenvalue weighted by Gasteiger charge is 2.42. The van der Waals surface area contributed by atoms with E-state index in [2.05, 4.69) is 10.5 Å². The fourth-order valence-electron chi connectivity index (χ4n) is 1.81. The SMILES string of the molecule is CC1=C(c2ccc(S(C)(=O)=O)cc2)C(C(F)(F)F)=N[N]1. The molecule has 1 aliphatic heterocycles. The van der Waals surface area contributed by atoms with E-state index in [0.29, 0.717) is 0 Å². The second-order valence-electron chi connectivity index (χ2n) is 4.30. The van der Waals surface area contributed by atoms with E-state index in [4.69, 9.17) is 0 Å². The summed E-state index contributed by atoms with van der Waals surface area (Å²) >= 11 is 0. The molecule has 0 unspecified atom stereocenters. The fourth-order valence-corrected chi connectivity index (χ4v) is 2.44. The van der Waals surface area contributed by atoms with Gasteiger partial charge in [0.25, 0.3) is 0 Å². The molecule has 1 heterocycles. The van der Waals surface area contributed by atoms with Crippen LogP contribution in [0.2, 0.25) is 0 Å². The third kappa shape index (κ3) is 2.69. The van der Waals surface area contributed by atoms with E-state index in [-0.39, 0.29) is 21.7 Å². The maximum Gasteiger partial charge on any atom is 0.435 e. The van der Waals surface area contributed by atoms with Crippen LogP contribution >= 0.6 is 0 Å². The number of hydrogen-bond acceptors (Lipinski definition) is 3. The van der Waals surface area contributed by atoms with Crippen LogP contribution in [-0.2, 0) is 9.84 Å². The molecule has 0 amide bonds. The van der Waals surface area contributed by atoms with E-state index in [1.165, 1.54) is 31.2 Å². The molecule has 0 saturated heterocycles. The van der Waals surface area contributed by atoms with Gasteiger partial charge in [-0.25, -0.2) is 8.42 Å². The summed E-state index contributed by atoms with van der Waals surface area (Å²) in [5.74, 6) is 0. The van der Waals surface area contributed by atoms with Gasteiger partial charge < -0.3 is 0 Å². The Hall–Kier alpha value is -1.83. The van der Waals surface area contributed by atoms with Gasteiger partial charge >= 0.3 is 6.18 Å². The lowest BCUT2D eigenvalue weighted by molar-refractivity contribution is -0.0572. The van der Waals surface area contributed by atoms with Gasteiger partial charge in [0.1, 0.15) is 0 Å². The van der Waals surface area contributed by atoms with Gasteiger partial charge in [0.2, 0.25) is 0 Å². The summed E-state index contributed by atoms with van der Waals surface area (Å²) in [6, 6.07) is 5.16. The van der Waals surface area contributed by atoms with Crippen LogP contribution in [0, 0.1) is 0 Å². The predicted octanol–water partition coefficient (Wildman–Crippen LogP) is 2.36. The zero-order chi connectivity index (χ0) is 15.1. The summed E-state index contributed by atoms with van der Waals surface area (Å²) in [6.45, 7) is 1.42. The molecule has 4 nitrogen and oxygen atoms in total. The Morgan fingerprint density at radius 2 is 1.65 bits per heavy atom. The molecule has 1 aromatic carbocycles. The minimum atomic E-state index is -4.61. The van der Waals surface area contributed by atoms with E-state index >= 15 is 0 Å². The highest BCUT2D eigenvalue weighted by atomic mass is 32.2. The maximum atomic E-state index is 12.8. The van der Waals surface area contributed by atoms with E-state index in [1.807, 2.05) is 0 Å². The fraction of sp³-hybridized carbons (Fsp3) is 0.250. The van der Waals surface area contributed by atoms with Gasteiger partial charge in [0.05, 0.1) is 10.6 Å². The van der Waals surface area contributed by atoms with Gasteiger partial charge in [-0.15, -0.1) is 5.10 Å². The van der Waals surface area contributed by atoms with Crippen molar-refractivity contribution in [2.24, 2.45) is 5.10 Å². The number of halogens is 3. The minimum Gasteiger partial charge on any atom is -0.224 e. The van der Waals surface area contributed by atoms with Crippen molar-refractivity contribution in [3.63, 3.8) is 0 Å². The van der Waals surface area contributed by atoms with Crippen molar-refractivity contribution >= 4 is 21.1 Å². The van der Waals surface area contributed by atoms with Crippen LogP contribution in [-0.4, -0.2) is 26.6 Å². The summed E-state index contributed by atoms with van der Waals surface area (Å²) in [4.78, 5) is 0.0416. The van der Waals surface area contributed by atoms with Gasteiger partial charge in [-0.1, -0.05) is 12.1 Å². The van der Waals surface area contributed by atoms with Crippen LogP contribution in [0.1, 0.15) is 12.5 Å². The smallest absolute Gasteiger partial charge is 0.224 e. The first-order chi connectivity index (χ1) is 9.10. The normalized spacial score (nSPS) is 16.1. The third-order valence-corrected chi connectivity index (χ3v) is 3.87. The van der Waals surface area contributed by atoms with Crippen molar-refractivity contribution in [1.29, 1.82) is 0 Å². The maximum absolute atomic E-state index is 12.8. The summed E-state index contributed by atoms with van der Waals surface area (Å²) in [5.41, 5.74) is 2.62. The Kier molecular flexibility index (Phi) is 3.37. The molecule has 20 heavy (non-hydrogen) atoms. The number of allylic oxidation sites excluding steroid dienone is 2. The van der Waals surface area contributed by atoms with Gasteiger partial charge in [-0.3, -0.25) is 0 Å². The molecule has 107 valence electrons. The Morgan fingerprint density at radius 3 is 2.10 bits per heavy atom. The van der Waals surface area contributed by atoms with Gasteiger partial charge in [0, 0.05) is 11.8 Å². The molecule has 0 N–H and O–H groups in total. The summed E-state index contributed by atoms with van der Waals surface area (Å²) in [5, 5.41) is 3.14. The number of rotatable bonds is 2. The lowest BCUT2D eigenvalue weighted by atomic mass is 10.00. The second kappa shape index (κ2) is 4.62. The minimum absolute atomic E-state index is 0.0416. The van der Waals surface area contributed by atoms with Crippen LogP contribution in [0.15, 0.2) is 40.0 Å². The van der Waals surface area contributed by atoms with Crippen molar-refractivity contribution < 1.29 is 21.6 Å². The van der Waals surface area contributed by atoms with Crippen LogP contribution < -0.4 is 5.43 Å². The molecule has 0 fully saturated rings. The summed E-state index contributed by atoms with van der Waals surface area (Å²) in [7, 11) is -3.39. The van der Waals surface area contributed by atoms with E-state index in [0.717, 1.165) is 6.26 Å². The number of benzene rings is 1. The molecular weight excluding hydrogens is 293 g/mol. The molecule has 0 saturated carbocycles. The molecule has 1 aromatic rings. The van der Waals surface area contributed by atoms with Crippen molar-refractivity contribution in [3.8, 4) is 0 Å². The monoisotopic (exact) mass is 303 g/mol. The zero-order valence-electron chi connectivity index (χ0n) is 10.6. The van der Waals surface area contributed by atoms with Crippen LogP contribution in [0.5, 0.6) is 0 Å². The van der Waals surface area contributed by atoms with Crippen molar-refractivity contribution in [2.75, 3.05) is 6.26 Å². The molecule has 1 aliphatic rings. The Morgan fingerprint density at radius 1 is 1.10 bits per heavy atom. The lowest BCUT2D eigenvalue weighted by Gasteiger charge is -2.10. The zero-order valence-corrected chi connectivity index (χ0v) is 11.4. The molecule has 0 aromatic heterocycles. The van der Waals surface area contributed by atoms with Gasteiger partial charge in [0.15, 0.2) is 15.5 Å². The molecule has 0 atom stereocenters. The van der Waals surface area contributed by atoms with Crippen LogP contribution in [0.4, 0.5) is 13.2 Å². The van der Waals surface area contributed by atoms with Crippen molar-refractivity contribution in [1.82, 2.24) is 5.43 Å². The highest BCUT2D eigenvalue weighted by Crippen LogP contribution is 2.33. The van der Waals surface area contributed by atoms with Gasteiger partial charge in [-0.05, 0) is 24.6 Å². The van der Waals surface area contributed by atoms with Crippen molar-refractivity contribution in [2.45, 2.75) is 18.0 Å². The average molecular weight is 303 g/mol. The quantitative estimate of drug-likeness (QED) is 0.842. The standard InChI is InChI=1S/C12H10F3N2O2S/c1-7-10(11(17-16-7)12(13,14)15)8-3-5-9(6-4-8)20(2,18)19/h3-6H,1-2H3. The van der Waals surface area contributed by atoms with Crippen molar-refractivity contribution in [3.05, 3.63) is 35.5 Å². The molecule has 0 aliphatic carbocycles. The first kappa shape index (κ1) is 14.6. The second-order valence-corrected chi connectivity index (χ2v) is 6.32. The average Bonchev–Trinajstić information content (AvgIpc) is 2.70. The Labute approximate surface area is 113 Å². The summed E-state index contributed by atoms with van der Waals surface area (Å²) < 4.78 is 61.1. The van der Waals surface area contributed by atoms with E-state index in [9.17, 15) is 21.6 Å². The van der Waals surface area contributed by atoms with Gasteiger partial charge in [-0.2, -0.15) is 18.6 Å². The predicted molar refractivity (Wildman–Crippen MR) is 67.8 cm³/mol. The van der Waals surface area contributed by atoms with E-state index in [1.54, 1.807) is 0 Å². The molecule has 1 radical (unpaired) electrons. The lowest BCUT2D eigenvalue weighted by Crippen LogP contribution is -2.23. The molecule has 8 heteroatoms. The molecule has 0 spiro atoms. The number of sulfone groups is 1. The number of alkyl halides is 3. The molecule has 0 bridgehead atoms. The van der Waals surface area contributed by atoms with Crippen LogP contribution in [0.3, 0.4) is 0 Å². The molecular formula is C12H10F3N2O2S. The largest absolute Gasteiger partial charge is 0.435 e. The number of hydrogen-bond donors (Lipinski definition) is 0. The highest BCUT2D eigenvalue weighted by molar-refractivity contribution is 7.90. The third-order valence-electron chi connectivity index (χ3n) is 2.74. The van der Waals surface area contributed by atoms with Crippen LogP contribution in [0.25, 0.3) is 5.57 Å². The Bertz CT molecular complexity index is 701. The Balaban J connectivity index is 2.47. The molecule has 2 rings (SSSR count). The topological polar surface area (TPSA) is 60.6 Å². The first-order valence-corrected chi connectivity index (χ1v) is 7.37. The van der Waals surface area contributed by atoms with E-state index < -0.39 is 21.7 Å². The first-order valence-electron chi connectivity index (χ1n) is 5.48. The number of nitrogens with zero attached hydrogens (tertiary/aromatic N) is 2. The summed E-state index contributed by atoms with van der Waals surface area (Å²) in [6.07, 6.45) is -3.58.